The molecule has 0 spiro atoms. The second kappa shape index (κ2) is 4.58. The maximum absolute atomic E-state index is 12.7. The summed E-state index contributed by atoms with van der Waals surface area (Å²) >= 11 is 5.80. The average Bonchev–Trinajstić information content (AvgIpc) is 2.74. The first-order valence-corrected chi connectivity index (χ1v) is 5.32. The molecular weight excluding hydrogens is 285 g/mol. The van der Waals surface area contributed by atoms with Gasteiger partial charge in [-0.2, -0.15) is 13.2 Å². The summed E-state index contributed by atoms with van der Waals surface area (Å²) in [7, 11) is 0. The van der Waals surface area contributed by atoms with Crippen molar-refractivity contribution >= 4 is 17.6 Å². The van der Waals surface area contributed by atoms with Crippen molar-refractivity contribution in [1.29, 1.82) is 0 Å². The molecule has 0 fully saturated rings. The molecule has 0 atom stereocenters. The Kier molecular flexibility index (Phi) is 3.23. The van der Waals surface area contributed by atoms with Crippen molar-refractivity contribution in [3.8, 4) is 5.82 Å². The van der Waals surface area contributed by atoms with Gasteiger partial charge in [0.25, 0.3) is 0 Å². The standard InChI is InChI=1S/C11H6ClF3N2O2/c12-8-2-1-3-16-9(8)17-4-6(10(18)19)7(5-17)11(13,14)15/h1-5H,(H,18,19). The summed E-state index contributed by atoms with van der Waals surface area (Å²) in [5.41, 5.74) is -2.10. The molecule has 2 rings (SSSR count). The summed E-state index contributed by atoms with van der Waals surface area (Å²) in [6, 6.07) is 2.95. The fourth-order valence-electron chi connectivity index (χ4n) is 1.54. The summed E-state index contributed by atoms with van der Waals surface area (Å²) in [4.78, 5) is 14.6. The lowest BCUT2D eigenvalue weighted by molar-refractivity contribution is -0.138. The van der Waals surface area contributed by atoms with Gasteiger partial charge in [-0.1, -0.05) is 11.6 Å². The predicted molar refractivity (Wildman–Crippen MR) is 60.5 cm³/mol. The Bertz CT molecular complexity index is 637. The number of nitrogens with zero attached hydrogens (tertiary/aromatic N) is 2. The van der Waals surface area contributed by atoms with Gasteiger partial charge >= 0.3 is 12.1 Å². The van der Waals surface area contributed by atoms with E-state index in [-0.39, 0.29) is 10.8 Å². The fourth-order valence-corrected chi connectivity index (χ4v) is 1.76. The zero-order chi connectivity index (χ0) is 14.2. The minimum Gasteiger partial charge on any atom is -0.478 e. The van der Waals surface area contributed by atoms with Crippen molar-refractivity contribution in [2.75, 3.05) is 0 Å². The second-order valence-electron chi connectivity index (χ2n) is 3.60. The van der Waals surface area contributed by atoms with Crippen molar-refractivity contribution in [1.82, 2.24) is 9.55 Å². The fraction of sp³-hybridized carbons (Fsp3) is 0.0909. The third-order valence-corrected chi connectivity index (χ3v) is 2.64. The summed E-state index contributed by atoms with van der Waals surface area (Å²) in [6.45, 7) is 0. The molecule has 0 aliphatic rings. The van der Waals surface area contributed by atoms with Crippen LogP contribution in [0.2, 0.25) is 5.02 Å². The van der Waals surface area contributed by atoms with E-state index in [4.69, 9.17) is 16.7 Å². The van der Waals surface area contributed by atoms with E-state index in [1.165, 1.54) is 18.3 Å². The van der Waals surface area contributed by atoms with Crippen molar-refractivity contribution in [2.24, 2.45) is 0 Å². The Morgan fingerprint density at radius 1 is 1.37 bits per heavy atom. The maximum atomic E-state index is 12.7. The molecule has 8 heteroatoms. The summed E-state index contributed by atoms with van der Waals surface area (Å²) in [6.07, 6.45) is -1.94. The Morgan fingerprint density at radius 2 is 2.05 bits per heavy atom. The molecular formula is C11H6ClF3N2O2. The number of aromatic carboxylic acids is 1. The smallest absolute Gasteiger partial charge is 0.418 e. The van der Waals surface area contributed by atoms with Crippen molar-refractivity contribution in [2.45, 2.75) is 6.18 Å². The quantitative estimate of drug-likeness (QED) is 0.924. The summed E-state index contributed by atoms with van der Waals surface area (Å²) in [5.74, 6) is -1.64. The van der Waals surface area contributed by atoms with Gasteiger partial charge in [-0.25, -0.2) is 9.78 Å². The van der Waals surface area contributed by atoms with Crippen molar-refractivity contribution in [3.05, 3.63) is 46.9 Å². The highest BCUT2D eigenvalue weighted by Gasteiger charge is 2.37. The molecule has 0 aliphatic heterocycles. The number of hydrogen-bond acceptors (Lipinski definition) is 2. The topological polar surface area (TPSA) is 55.1 Å². The van der Waals surface area contributed by atoms with Gasteiger partial charge in [-0.05, 0) is 12.1 Å². The van der Waals surface area contributed by atoms with Gasteiger partial charge in [0.15, 0.2) is 5.82 Å². The van der Waals surface area contributed by atoms with E-state index in [1.54, 1.807) is 0 Å². The number of aromatic nitrogens is 2. The maximum Gasteiger partial charge on any atom is 0.418 e. The van der Waals surface area contributed by atoms with Crippen LogP contribution in [0.15, 0.2) is 30.7 Å². The number of halogens is 4. The molecule has 2 aromatic rings. The molecule has 0 saturated heterocycles. The zero-order valence-corrected chi connectivity index (χ0v) is 9.90. The summed E-state index contributed by atoms with van der Waals surface area (Å²) in [5, 5.41) is 8.91. The van der Waals surface area contributed by atoms with E-state index >= 15 is 0 Å². The van der Waals surface area contributed by atoms with E-state index in [9.17, 15) is 18.0 Å². The first-order chi connectivity index (χ1) is 8.80. The van der Waals surface area contributed by atoms with E-state index < -0.39 is 23.3 Å². The number of rotatable bonds is 2. The van der Waals surface area contributed by atoms with Crippen LogP contribution in [0, 0.1) is 0 Å². The molecule has 0 radical (unpaired) electrons. The molecule has 2 heterocycles. The van der Waals surface area contributed by atoms with Crippen molar-refractivity contribution in [3.63, 3.8) is 0 Å². The predicted octanol–water partition coefficient (Wildman–Crippen LogP) is 3.24. The summed E-state index contributed by atoms with van der Waals surface area (Å²) < 4.78 is 39.1. The van der Waals surface area contributed by atoms with Gasteiger partial charge in [0.05, 0.1) is 16.1 Å². The largest absolute Gasteiger partial charge is 0.478 e. The van der Waals surface area contributed by atoms with Crippen LogP contribution in [-0.4, -0.2) is 20.6 Å². The monoisotopic (exact) mass is 290 g/mol. The Labute approximate surface area is 110 Å². The zero-order valence-electron chi connectivity index (χ0n) is 9.15. The van der Waals surface area contributed by atoms with Gasteiger partial charge in [0, 0.05) is 18.6 Å². The van der Waals surface area contributed by atoms with E-state index in [1.807, 2.05) is 0 Å². The minimum absolute atomic E-state index is 0.0298. The highest BCUT2D eigenvalue weighted by molar-refractivity contribution is 6.32. The Balaban J connectivity index is 2.62. The molecule has 0 saturated carbocycles. The Morgan fingerprint density at radius 3 is 2.53 bits per heavy atom. The highest BCUT2D eigenvalue weighted by Crippen LogP contribution is 2.34. The third-order valence-electron chi connectivity index (χ3n) is 2.35. The van der Waals surface area contributed by atoms with Crippen LogP contribution in [0.3, 0.4) is 0 Å². The highest BCUT2D eigenvalue weighted by atomic mass is 35.5. The van der Waals surface area contributed by atoms with Gasteiger partial charge in [0.2, 0.25) is 0 Å². The van der Waals surface area contributed by atoms with Crippen LogP contribution in [0.5, 0.6) is 0 Å². The van der Waals surface area contributed by atoms with Crippen molar-refractivity contribution < 1.29 is 23.1 Å². The molecule has 2 aromatic heterocycles. The van der Waals surface area contributed by atoms with Crippen LogP contribution in [-0.2, 0) is 6.18 Å². The van der Waals surface area contributed by atoms with Gasteiger partial charge in [-0.3, -0.25) is 0 Å². The van der Waals surface area contributed by atoms with Crippen LogP contribution in [0.1, 0.15) is 15.9 Å². The lowest BCUT2D eigenvalue weighted by atomic mass is 10.2. The first kappa shape index (κ1) is 13.4. The molecule has 0 aliphatic carbocycles. The van der Waals surface area contributed by atoms with E-state index in [0.717, 1.165) is 10.8 Å². The molecule has 1 N–H and O–H groups in total. The number of carbonyl (C=O) groups is 1. The molecule has 19 heavy (non-hydrogen) atoms. The molecule has 0 aromatic carbocycles. The van der Waals surface area contributed by atoms with Crippen LogP contribution >= 0.6 is 11.6 Å². The van der Waals surface area contributed by atoms with Crippen LogP contribution in [0.25, 0.3) is 5.82 Å². The second-order valence-corrected chi connectivity index (χ2v) is 4.01. The molecule has 0 bridgehead atoms. The third kappa shape index (κ3) is 2.55. The number of pyridine rings is 1. The number of carboxylic acids is 1. The average molecular weight is 291 g/mol. The minimum atomic E-state index is -4.76. The molecule has 100 valence electrons. The SMILES string of the molecule is O=C(O)c1cn(-c2ncccc2Cl)cc1C(F)(F)F. The van der Waals surface area contributed by atoms with E-state index in [2.05, 4.69) is 4.98 Å². The van der Waals surface area contributed by atoms with Gasteiger partial charge in [0.1, 0.15) is 0 Å². The Hall–Kier alpha value is -2.02. The number of carboxylic acid groups (broad SMARTS) is 1. The lowest BCUT2D eigenvalue weighted by Crippen LogP contribution is -2.09. The molecule has 0 unspecified atom stereocenters. The molecule has 0 amide bonds. The van der Waals surface area contributed by atoms with Gasteiger partial charge < -0.3 is 9.67 Å². The molecule has 4 nitrogen and oxygen atoms in total. The van der Waals surface area contributed by atoms with E-state index in [0.29, 0.717) is 6.20 Å². The van der Waals surface area contributed by atoms with Crippen LogP contribution in [0.4, 0.5) is 13.2 Å². The lowest BCUT2D eigenvalue weighted by Gasteiger charge is -2.05. The number of alkyl halides is 3. The number of hydrogen-bond donors (Lipinski definition) is 1. The normalized spacial score (nSPS) is 11.6. The van der Waals surface area contributed by atoms with Crippen LogP contribution < -0.4 is 0 Å². The first-order valence-electron chi connectivity index (χ1n) is 4.94. The van der Waals surface area contributed by atoms with Gasteiger partial charge in [-0.15, -0.1) is 0 Å².